The number of halogens is 1. The molecule has 1 aromatic carbocycles. The summed E-state index contributed by atoms with van der Waals surface area (Å²) in [6.45, 7) is 5.91. The van der Waals surface area contributed by atoms with Crippen LogP contribution in [-0.2, 0) is 13.6 Å². The number of hydrogen-bond donors (Lipinski definition) is 1. The Morgan fingerprint density at radius 1 is 1.35 bits per heavy atom. The summed E-state index contributed by atoms with van der Waals surface area (Å²) in [5.74, 6) is 0.894. The maximum Gasteiger partial charge on any atom is 0.195 e. The number of hydrogen-bond acceptors (Lipinski definition) is 4. The number of rotatable bonds is 6. The lowest BCUT2D eigenvalue weighted by Crippen LogP contribution is -2.14. The quantitative estimate of drug-likeness (QED) is 0.830. The molecule has 20 heavy (non-hydrogen) atoms. The summed E-state index contributed by atoms with van der Waals surface area (Å²) in [7, 11) is 1.96. The number of benzene rings is 1. The average Bonchev–Trinajstić information content (AvgIpc) is 2.74. The smallest absolute Gasteiger partial charge is 0.195 e. The van der Waals surface area contributed by atoms with E-state index in [4.69, 9.17) is 11.6 Å². The van der Waals surface area contributed by atoms with Crippen LogP contribution < -0.4 is 5.32 Å². The zero-order valence-corrected chi connectivity index (χ0v) is 13.6. The fourth-order valence-electron chi connectivity index (χ4n) is 1.77. The normalized spacial score (nSPS) is 11.0. The lowest BCUT2D eigenvalue weighted by molar-refractivity contribution is 0.669. The summed E-state index contributed by atoms with van der Waals surface area (Å²) in [5, 5.41) is 13.3. The van der Waals surface area contributed by atoms with Crippen LogP contribution in [0.1, 0.15) is 24.7 Å². The van der Waals surface area contributed by atoms with Crippen LogP contribution in [0, 0.1) is 6.92 Å². The Morgan fingerprint density at radius 2 is 2.15 bits per heavy atom. The Kier molecular flexibility index (Phi) is 5.46. The molecule has 4 nitrogen and oxygen atoms in total. The number of aromatic nitrogens is 3. The first-order valence-corrected chi connectivity index (χ1v) is 7.85. The van der Waals surface area contributed by atoms with Crippen LogP contribution >= 0.6 is 23.4 Å². The first-order valence-electron chi connectivity index (χ1n) is 6.65. The molecular weight excluding hydrogens is 292 g/mol. The molecule has 0 unspecified atom stereocenters. The molecule has 0 atom stereocenters. The minimum absolute atomic E-state index is 0.756. The van der Waals surface area contributed by atoms with Gasteiger partial charge in [0.25, 0.3) is 0 Å². The molecule has 2 rings (SSSR count). The van der Waals surface area contributed by atoms with Gasteiger partial charge in [0.15, 0.2) is 5.16 Å². The number of aryl methyl sites for hydroxylation is 1. The maximum absolute atomic E-state index is 6.35. The summed E-state index contributed by atoms with van der Waals surface area (Å²) in [5.41, 5.74) is 1.19. The molecule has 2 aromatic rings. The zero-order valence-electron chi connectivity index (χ0n) is 12.0. The Balaban J connectivity index is 2.23. The van der Waals surface area contributed by atoms with E-state index in [-0.39, 0.29) is 0 Å². The van der Waals surface area contributed by atoms with E-state index in [0.29, 0.717) is 0 Å². The van der Waals surface area contributed by atoms with Crippen molar-refractivity contribution in [2.24, 2.45) is 7.05 Å². The molecule has 1 heterocycles. The van der Waals surface area contributed by atoms with Crippen molar-refractivity contribution in [3.63, 3.8) is 0 Å². The molecule has 0 radical (unpaired) electrons. The van der Waals surface area contributed by atoms with E-state index < -0.39 is 0 Å². The third-order valence-corrected chi connectivity index (χ3v) is 4.69. The Bertz CT molecular complexity index is 583. The van der Waals surface area contributed by atoms with Gasteiger partial charge in [-0.1, -0.05) is 30.7 Å². The van der Waals surface area contributed by atoms with Gasteiger partial charge in [0, 0.05) is 18.5 Å². The largest absolute Gasteiger partial charge is 0.313 e. The molecule has 0 bridgehead atoms. The highest BCUT2D eigenvalue weighted by atomic mass is 35.5. The number of nitrogens with zero attached hydrogens (tertiary/aromatic N) is 3. The second-order valence-corrected chi connectivity index (χ2v) is 5.98. The van der Waals surface area contributed by atoms with Gasteiger partial charge in [-0.15, -0.1) is 10.2 Å². The van der Waals surface area contributed by atoms with Crippen molar-refractivity contribution in [2.75, 3.05) is 6.54 Å². The molecule has 0 aliphatic heterocycles. The van der Waals surface area contributed by atoms with Crippen LogP contribution in [-0.4, -0.2) is 21.3 Å². The summed E-state index contributed by atoms with van der Waals surface area (Å²) in [4.78, 5) is 1.05. The highest BCUT2D eigenvalue weighted by Crippen LogP contribution is 2.35. The van der Waals surface area contributed by atoms with Gasteiger partial charge in [-0.25, -0.2) is 0 Å². The molecule has 0 spiro atoms. The van der Waals surface area contributed by atoms with E-state index in [1.807, 2.05) is 30.7 Å². The molecule has 0 fully saturated rings. The molecule has 0 aliphatic carbocycles. The molecule has 108 valence electrons. The lowest BCUT2D eigenvalue weighted by atomic mass is 10.2. The topological polar surface area (TPSA) is 42.7 Å². The van der Waals surface area contributed by atoms with Gasteiger partial charge in [-0.2, -0.15) is 0 Å². The second-order valence-electron chi connectivity index (χ2n) is 4.60. The van der Waals surface area contributed by atoms with Gasteiger partial charge in [-0.3, -0.25) is 0 Å². The van der Waals surface area contributed by atoms with Gasteiger partial charge >= 0.3 is 0 Å². The van der Waals surface area contributed by atoms with Gasteiger partial charge in [0.05, 0.1) is 5.02 Å². The van der Waals surface area contributed by atoms with Crippen molar-refractivity contribution in [3.8, 4) is 0 Å². The van der Waals surface area contributed by atoms with Crippen molar-refractivity contribution in [2.45, 2.75) is 36.9 Å². The van der Waals surface area contributed by atoms with Crippen LogP contribution in [0.3, 0.4) is 0 Å². The highest BCUT2D eigenvalue weighted by molar-refractivity contribution is 7.99. The van der Waals surface area contributed by atoms with Crippen molar-refractivity contribution >= 4 is 23.4 Å². The van der Waals surface area contributed by atoms with Gasteiger partial charge in [0.1, 0.15) is 5.82 Å². The van der Waals surface area contributed by atoms with Crippen LogP contribution in [0.2, 0.25) is 5.02 Å². The van der Waals surface area contributed by atoms with Crippen molar-refractivity contribution in [3.05, 3.63) is 34.6 Å². The highest BCUT2D eigenvalue weighted by Gasteiger charge is 2.13. The van der Waals surface area contributed by atoms with Crippen molar-refractivity contribution < 1.29 is 0 Å². The monoisotopic (exact) mass is 310 g/mol. The fourth-order valence-corrected chi connectivity index (χ4v) is 3.05. The molecule has 6 heteroatoms. The van der Waals surface area contributed by atoms with E-state index >= 15 is 0 Å². The fraction of sp³-hybridized carbons (Fsp3) is 0.429. The third kappa shape index (κ3) is 3.53. The molecule has 1 N–H and O–H groups in total. The zero-order chi connectivity index (χ0) is 14.5. The van der Waals surface area contributed by atoms with Gasteiger partial charge in [-0.05, 0) is 43.3 Å². The molecule has 0 aliphatic rings. The Morgan fingerprint density at radius 3 is 2.80 bits per heavy atom. The van der Waals surface area contributed by atoms with Crippen LogP contribution in [0.5, 0.6) is 0 Å². The predicted octanol–water partition coefficient (Wildman–Crippen LogP) is 3.43. The molecule has 0 saturated heterocycles. The molecule has 0 saturated carbocycles. The van der Waals surface area contributed by atoms with Crippen molar-refractivity contribution in [1.82, 2.24) is 20.1 Å². The first-order chi connectivity index (χ1) is 9.63. The van der Waals surface area contributed by atoms with E-state index in [1.54, 1.807) is 11.8 Å². The van der Waals surface area contributed by atoms with E-state index in [1.165, 1.54) is 5.56 Å². The third-order valence-electron chi connectivity index (χ3n) is 3.04. The molecular formula is C14H19ClN4S. The standard InChI is InChI=1S/C14H19ClN4S/c1-4-8-16-9-11-6-5-7-12(15)13(11)20-14-18-17-10(2)19(14)3/h5-7,16H,4,8-9H2,1-3H3. The maximum atomic E-state index is 6.35. The summed E-state index contributed by atoms with van der Waals surface area (Å²) in [6, 6.07) is 5.99. The van der Waals surface area contributed by atoms with Crippen LogP contribution in [0.25, 0.3) is 0 Å². The molecule has 0 amide bonds. The Hall–Kier alpha value is -1.04. The minimum atomic E-state index is 0.756. The van der Waals surface area contributed by atoms with E-state index in [0.717, 1.165) is 40.4 Å². The Labute approximate surface area is 128 Å². The van der Waals surface area contributed by atoms with Crippen LogP contribution in [0.15, 0.2) is 28.3 Å². The van der Waals surface area contributed by atoms with Crippen LogP contribution in [0.4, 0.5) is 0 Å². The van der Waals surface area contributed by atoms with E-state index in [9.17, 15) is 0 Å². The molecule has 1 aromatic heterocycles. The summed E-state index contributed by atoms with van der Waals surface area (Å²) >= 11 is 7.91. The van der Waals surface area contributed by atoms with Gasteiger partial charge < -0.3 is 9.88 Å². The lowest BCUT2D eigenvalue weighted by Gasteiger charge is -2.11. The SMILES string of the molecule is CCCNCc1cccc(Cl)c1Sc1nnc(C)n1C. The van der Waals surface area contributed by atoms with Crippen molar-refractivity contribution in [1.29, 1.82) is 0 Å². The minimum Gasteiger partial charge on any atom is -0.313 e. The number of nitrogens with one attached hydrogen (secondary N) is 1. The van der Waals surface area contributed by atoms with Gasteiger partial charge in [0.2, 0.25) is 0 Å². The predicted molar refractivity (Wildman–Crippen MR) is 83.3 cm³/mol. The summed E-state index contributed by atoms with van der Waals surface area (Å²) in [6.07, 6.45) is 1.12. The van der Waals surface area contributed by atoms with E-state index in [2.05, 4.69) is 28.5 Å². The first kappa shape index (κ1) is 15.4. The summed E-state index contributed by atoms with van der Waals surface area (Å²) < 4.78 is 1.97. The average molecular weight is 311 g/mol. The second kappa shape index (κ2) is 7.11.